The van der Waals surface area contributed by atoms with Crippen molar-refractivity contribution in [3.63, 3.8) is 0 Å². The van der Waals surface area contributed by atoms with Gasteiger partial charge < -0.3 is 0 Å². The number of allylic oxidation sites excluding steroid dienone is 18. The lowest BCUT2D eigenvalue weighted by Crippen LogP contribution is -1.80. The van der Waals surface area contributed by atoms with Crippen LogP contribution in [0.15, 0.2) is 103 Å². The van der Waals surface area contributed by atoms with E-state index in [1.54, 1.807) is 0 Å². The van der Waals surface area contributed by atoms with Crippen molar-refractivity contribution in [2.75, 3.05) is 0 Å². The van der Waals surface area contributed by atoms with Gasteiger partial charge in [0.05, 0.1) is 0 Å². The third kappa shape index (κ3) is 18.3. The Labute approximate surface area is 167 Å². The minimum Gasteiger partial charge on any atom is -0.0845 e. The second-order valence-electron chi connectivity index (χ2n) is 6.51. The Balaban J connectivity index is 2.42. The van der Waals surface area contributed by atoms with Gasteiger partial charge in [0.25, 0.3) is 0 Å². The van der Waals surface area contributed by atoms with Gasteiger partial charge in [0.1, 0.15) is 0 Å². The van der Waals surface area contributed by atoms with E-state index in [0.29, 0.717) is 0 Å². The molecule has 0 heterocycles. The first-order valence-electron chi connectivity index (χ1n) is 10.4. The summed E-state index contributed by atoms with van der Waals surface area (Å²) in [5.41, 5.74) is 0. The Kier molecular flexibility index (Phi) is 16.8. The van der Waals surface area contributed by atoms with Crippen LogP contribution in [-0.2, 0) is 0 Å². The second-order valence-corrected chi connectivity index (χ2v) is 6.51. The Morgan fingerprint density at radius 3 is 1.33 bits per heavy atom. The molecule has 0 aliphatic heterocycles. The molecule has 0 aromatic rings. The van der Waals surface area contributed by atoms with Crippen molar-refractivity contribution >= 4 is 0 Å². The quantitative estimate of drug-likeness (QED) is 0.408. The zero-order chi connectivity index (χ0) is 19.1. The highest BCUT2D eigenvalue weighted by molar-refractivity contribution is 5.21. The summed E-state index contributed by atoms with van der Waals surface area (Å²) in [4.78, 5) is 0. The molecule has 0 bridgehead atoms. The minimum absolute atomic E-state index is 1.07. The molecule has 143 valence electrons. The second kappa shape index (κ2) is 20.0. The monoisotopic (exact) mass is 359 g/mol. The van der Waals surface area contributed by atoms with Gasteiger partial charge in [0, 0.05) is 0 Å². The van der Waals surface area contributed by atoms with Gasteiger partial charge >= 0.3 is 0 Å². The summed E-state index contributed by atoms with van der Waals surface area (Å²) in [6, 6.07) is 0. The van der Waals surface area contributed by atoms with Crippen LogP contribution in [0, 0.1) is 6.08 Å². The summed E-state index contributed by atoms with van der Waals surface area (Å²) in [6.07, 6.45) is 50.0. The van der Waals surface area contributed by atoms with E-state index in [9.17, 15) is 0 Å². The van der Waals surface area contributed by atoms with Gasteiger partial charge in [-0.1, -0.05) is 135 Å². The molecule has 0 aromatic heterocycles. The first-order chi connectivity index (χ1) is 13.5. The van der Waals surface area contributed by atoms with Gasteiger partial charge in [-0.25, -0.2) is 0 Å². The van der Waals surface area contributed by atoms with Crippen LogP contribution in [0.3, 0.4) is 0 Å². The lowest BCUT2D eigenvalue weighted by molar-refractivity contribution is 0.582. The van der Waals surface area contributed by atoms with Crippen LogP contribution in [-0.4, -0.2) is 0 Å². The van der Waals surface area contributed by atoms with Gasteiger partial charge in [0.2, 0.25) is 0 Å². The third-order valence-corrected chi connectivity index (χ3v) is 4.10. The molecule has 1 rings (SSSR count). The van der Waals surface area contributed by atoms with E-state index in [-0.39, 0.29) is 0 Å². The van der Waals surface area contributed by atoms with Crippen molar-refractivity contribution < 1.29 is 0 Å². The fourth-order valence-corrected chi connectivity index (χ4v) is 2.59. The molecule has 1 aliphatic rings. The van der Waals surface area contributed by atoms with Crippen LogP contribution in [0.2, 0.25) is 0 Å². The van der Waals surface area contributed by atoms with E-state index < -0.39 is 0 Å². The van der Waals surface area contributed by atoms with Gasteiger partial charge in [-0.05, 0) is 31.8 Å². The molecule has 0 saturated heterocycles. The molecule has 0 aromatic carbocycles. The zero-order valence-corrected chi connectivity index (χ0v) is 16.7. The summed E-state index contributed by atoms with van der Waals surface area (Å²) in [5.74, 6) is 0. The van der Waals surface area contributed by atoms with E-state index in [4.69, 9.17) is 0 Å². The van der Waals surface area contributed by atoms with E-state index in [1.807, 2.05) is 72.9 Å². The molecule has 0 fully saturated rings. The highest BCUT2D eigenvalue weighted by Gasteiger charge is 1.90. The molecule has 0 spiro atoms. The molecule has 0 heteroatoms. The summed E-state index contributed by atoms with van der Waals surface area (Å²) in [7, 11) is 0. The molecule has 0 atom stereocenters. The number of rotatable bonds is 0. The molecule has 27 heavy (non-hydrogen) atoms. The predicted octanol–water partition coefficient (Wildman–Crippen LogP) is 8.32. The molecule has 0 unspecified atom stereocenters. The van der Waals surface area contributed by atoms with Gasteiger partial charge in [-0.15, -0.1) is 0 Å². The standard InChI is InChI=1S/C27H35/c1-2-4-6-8-10-12-14-16-18-20-22-24-26-27-25-23-21-19-17-15-13-11-9-7-5-3-1/h1-17H,18,20-27H2/b3-1-,4-2+,7-5+,8-6+,11-9+,12-10+,15-13+,16-14+,19-17?. The molecule has 0 amide bonds. The Morgan fingerprint density at radius 2 is 0.778 bits per heavy atom. The highest BCUT2D eigenvalue weighted by Crippen LogP contribution is 2.10. The largest absolute Gasteiger partial charge is 0.0845 e. The van der Waals surface area contributed by atoms with Crippen molar-refractivity contribution in [3.05, 3.63) is 109 Å². The maximum atomic E-state index is 3.35. The lowest BCUT2D eigenvalue weighted by Gasteiger charge is -1.99. The molecule has 1 radical (unpaired) electrons. The van der Waals surface area contributed by atoms with Crippen LogP contribution in [0.1, 0.15) is 57.8 Å². The van der Waals surface area contributed by atoms with Crippen molar-refractivity contribution in [1.82, 2.24) is 0 Å². The fourth-order valence-electron chi connectivity index (χ4n) is 2.59. The van der Waals surface area contributed by atoms with Crippen LogP contribution in [0.5, 0.6) is 0 Å². The van der Waals surface area contributed by atoms with Crippen molar-refractivity contribution in [2.24, 2.45) is 0 Å². The van der Waals surface area contributed by atoms with Crippen molar-refractivity contribution in [1.29, 1.82) is 0 Å². The molecule has 1 aliphatic carbocycles. The van der Waals surface area contributed by atoms with Gasteiger partial charge in [-0.3, -0.25) is 0 Å². The zero-order valence-electron chi connectivity index (χ0n) is 16.7. The SMILES string of the molecule is [C]1=C/C=C/C=C/C=C/C=C\C=C\C=C\C=C\C=C\CCCCCCCCC/1. The number of hydrogen-bond donors (Lipinski definition) is 0. The van der Waals surface area contributed by atoms with E-state index in [1.165, 1.54) is 51.4 Å². The molecular formula is C27H35. The summed E-state index contributed by atoms with van der Waals surface area (Å²) in [5, 5.41) is 0. The fraction of sp³-hybridized carbons (Fsp3) is 0.333. The van der Waals surface area contributed by atoms with Gasteiger partial charge in [0.15, 0.2) is 0 Å². The molecule has 0 saturated carbocycles. The Hall–Kier alpha value is -2.34. The minimum atomic E-state index is 1.07. The maximum Gasteiger partial charge on any atom is -0.0276 e. The van der Waals surface area contributed by atoms with Crippen LogP contribution in [0.25, 0.3) is 0 Å². The molecule has 0 nitrogen and oxygen atoms in total. The van der Waals surface area contributed by atoms with Crippen molar-refractivity contribution in [2.45, 2.75) is 57.8 Å². The third-order valence-electron chi connectivity index (χ3n) is 4.10. The number of hydrogen-bond acceptors (Lipinski definition) is 0. The van der Waals surface area contributed by atoms with E-state index >= 15 is 0 Å². The lowest BCUT2D eigenvalue weighted by atomic mass is 10.1. The average molecular weight is 360 g/mol. The first kappa shape index (κ1) is 22.7. The Morgan fingerprint density at radius 1 is 0.370 bits per heavy atom. The molecular weight excluding hydrogens is 324 g/mol. The normalized spacial score (nSPS) is 29.3. The van der Waals surface area contributed by atoms with E-state index in [0.717, 1.165) is 6.42 Å². The van der Waals surface area contributed by atoms with Crippen molar-refractivity contribution in [3.8, 4) is 0 Å². The topological polar surface area (TPSA) is 0 Å². The smallest absolute Gasteiger partial charge is 0.0276 e. The van der Waals surface area contributed by atoms with Crippen LogP contribution < -0.4 is 0 Å². The average Bonchev–Trinajstić information content (AvgIpc) is 2.68. The van der Waals surface area contributed by atoms with Gasteiger partial charge in [-0.2, -0.15) is 0 Å². The summed E-state index contributed by atoms with van der Waals surface area (Å²) >= 11 is 0. The predicted molar refractivity (Wildman–Crippen MR) is 122 cm³/mol. The summed E-state index contributed by atoms with van der Waals surface area (Å²) < 4.78 is 0. The molecule has 0 N–H and O–H groups in total. The highest BCUT2D eigenvalue weighted by atomic mass is 14.0. The first-order valence-corrected chi connectivity index (χ1v) is 10.4. The van der Waals surface area contributed by atoms with E-state index in [2.05, 4.69) is 36.5 Å². The van der Waals surface area contributed by atoms with Crippen LogP contribution in [0.4, 0.5) is 0 Å². The summed E-state index contributed by atoms with van der Waals surface area (Å²) in [6.45, 7) is 0. The van der Waals surface area contributed by atoms with Crippen LogP contribution >= 0.6 is 0 Å². The maximum absolute atomic E-state index is 3.35. The Bertz CT molecular complexity index is 534.